The third-order valence-electron chi connectivity index (χ3n) is 5.87. The van der Waals surface area contributed by atoms with E-state index >= 15 is 0 Å². The first-order chi connectivity index (χ1) is 9.48. The van der Waals surface area contributed by atoms with E-state index in [1.165, 1.54) is 0 Å². The zero-order valence-electron chi connectivity index (χ0n) is 14.0. The molecule has 2 saturated heterocycles. The minimum absolute atomic E-state index is 0.117. The van der Waals surface area contributed by atoms with E-state index in [1.54, 1.807) is 0 Å². The van der Waals surface area contributed by atoms with Crippen LogP contribution in [-0.2, 0) is 9.16 Å². The number of aliphatic hydroxyl groups is 1. The smallest absolute Gasteiger partial charge is 0.250 e. The van der Waals surface area contributed by atoms with Gasteiger partial charge in [0.15, 0.2) is 0 Å². The van der Waals surface area contributed by atoms with E-state index in [1.807, 2.05) is 18.7 Å². The molecule has 2 bridgehead atoms. The van der Waals surface area contributed by atoms with Gasteiger partial charge in [-0.05, 0) is 43.3 Å². The number of thioether (sulfide) groups is 1. The van der Waals surface area contributed by atoms with E-state index < -0.39 is 13.9 Å². The van der Waals surface area contributed by atoms with Crippen molar-refractivity contribution in [2.75, 3.05) is 11.5 Å². The first kappa shape index (κ1) is 15.9. The minimum atomic E-state index is -1.95. The first-order valence-corrected chi connectivity index (χ1v) is 11.9. The summed E-state index contributed by atoms with van der Waals surface area (Å²) in [5.41, 5.74) is -1.18. The molecule has 1 spiro atoms. The van der Waals surface area contributed by atoms with E-state index in [0.29, 0.717) is 5.92 Å². The van der Waals surface area contributed by atoms with Crippen molar-refractivity contribution in [3.05, 3.63) is 11.8 Å². The normalized spacial score (nSPS) is 42.7. The monoisotopic (exact) mass is 328 g/mol. The second kappa shape index (κ2) is 4.53. The maximum absolute atomic E-state index is 11.0. The van der Waals surface area contributed by atoms with Gasteiger partial charge in [0, 0.05) is 11.7 Å². The van der Waals surface area contributed by atoms with Gasteiger partial charge < -0.3 is 14.3 Å². The van der Waals surface area contributed by atoms with E-state index in [0.717, 1.165) is 23.7 Å². The van der Waals surface area contributed by atoms with Gasteiger partial charge in [0.25, 0.3) is 0 Å². The van der Waals surface area contributed by atoms with Crippen LogP contribution in [0.5, 0.6) is 0 Å². The molecule has 4 atom stereocenters. The molecule has 0 aromatic heterocycles. The summed E-state index contributed by atoms with van der Waals surface area (Å²) in [6, 6.07) is 0. The Bertz CT molecular complexity index is 480. The Morgan fingerprint density at radius 1 is 1.43 bits per heavy atom. The number of hydrogen-bond acceptors (Lipinski definition) is 4. The first-order valence-electron chi connectivity index (χ1n) is 7.88. The van der Waals surface area contributed by atoms with E-state index in [-0.39, 0.29) is 16.7 Å². The van der Waals surface area contributed by atoms with Crippen LogP contribution < -0.4 is 0 Å². The molecule has 2 fully saturated rings. The molecule has 0 aromatic rings. The number of rotatable bonds is 2. The number of fused-ring (bicyclic) bond motifs is 1. The van der Waals surface area contributed by atoms with Gasteiger partial charge in [-0.25, -0.2) is 0 Å². The average Bonchev–Trinajstić information content (AvgIpc) is 2.79. The lowest BCUT2D eigenvalue weighted by molar-refractivity contribution is -0.123. The van der Waals surface area contributed by atoms with E-state index in [2.05, 4.69) is 39.9 Å². The predicted molar refractivity (Wildman–Crippen MR) is 90.0 cm³/mol. The molecule has 5 heteroatoms. The van der Waals surface area contributed by atoms with Crippen LogP contribution in [0.4, 0.5) is 0 Å². The van der Waals surface area contributed by atoms with Crippen LogP contribution in [0.15, 0.2) is 11.8 Å². The largest absolute Gasteiger partial charge is 0.544 e. The van der Waals surface area contributed by atoms with Crippen molar-refractivity contribution in [1.82, 2.24) is 0 Å². The third kappa shape index (κ3) is 2.31. The van der Waals surface area contributed by atoms with E-state index in [9.17, 15) is 5.11 Å². The molecule has 120 valence electrons. The van der Waals surface area contributed by atoms with E-state index in [4.69, 9.17) is 9.16 Å². The third-order valence-corrected chi connectivity index (χ3v) is 11.5. The van der Waals surface area contributed by atoms with Crippen molar-refractivity contribution in [1.29, 1.82) is 0 Å². The maximum atomic E-state index is 11.0. The van der Waals surface area contributed by atoms with Crippen molar-refractivity contribution in [3.63, 3.8) is 0 Å². The molecule has 3 nitrogen and oxygen atoms in total. The second-order valence-electron chi connectivity index (χ2n) is 8.53. The van der Waals surface area contributed by atoms with Gasteiger partial charge in [-0.1, -0.05) is 20.8 Å². The fourth-order valence-electron chi connectivity index (χ4n) is 3.21. The topological polar surface area (TPSA) is 38.7 Å². The van der Waals surface area contributed by atoms with Crippen molar-refractivity contribution < 1.29 is 14.3 Å². The minimum Gasteiger partial charge on any atom is -0.544 e. The molecule has 0 amide bonds. The van der Waals surface area contributed by atoms with Crippen LogP contribution in [0.1, 0.15) is 34.1 Å². The van der Waals surface area contributed by atoms with Crippen LogP contribution >= 0.6 is 11.8 Å². The molecule has 1 N–H and O–H groups in total. The fraction of sp³-hybridized carbons (Fsp3) is 0.875. The van der Waals surface area contributed by atoms with Crippen LogP contribution in [0.2, 0.25) is 18.1 Å². The van der Waals surface area contributed by atoms with Crippen molar-refractivity contribution in [3.8, 4) is 0 Å². The Labute approximate surface area is 133 Å². The SMILES string of the molecule is CC(C)(C)[Si](C)(C)OC1=C[C@@]23CSC[C@@H]2C[C@H](O3)[C@@]1(C)O. The zero-order valence-corrected chi connectivity index (χ0v) is 15.8. The molecule has 0 unspecified atom stereocenters. The second-order valence-corrected chi connectivity index (χ2v) is 14.3. The molecule has 0 saturated carbocycles. The summed E-state index contributed by atoms with van der Waals surface area (Å²) in [4.78, 5) is 0. The highest BCUT2D eigenvalue weighted by Gasteiger charge is 2.61. The molecule has 3 aliphatic rings. The summed E-state index contributed by atoms with van der Waals surface area (Å²) in [6.45, 7) is 13.0. The Morgan fingerprint density at radius 3 is 2.71 bits per heavy atom. The lowest BCUT2D eigenvalue weighted by Crippen LogP contribution is -2.52. The molecule has 3 heterocycles. The molecule has 3 aliphatic heterocycles. The fourth-order valence-corrected chi connectivity index (χ4v) is 5.86. The van der Waals surface area contributed by atoms with Gasteiger partial charge in [0.2, 0.25) is 8.32 Å². The number of ether oxygens (including phenoxy) is 1. The number of hydrogen-bond donors (Lipinski definition) is 1. The Hall–Kier alpha value is 0.0269. The summed E-state index contributed by atoms with van der Waals surface area (Å²) in [5.74, 6) is 3.43. The maximum Gasteiger partial charge on any atom is 0.250 e. The predicted octanol–water partition coefficient (Wildman–Crippen LogP) is 3.55. The molecule has 0 radical (unpaired) electrons. The average molecular weight is 329 g/mol. The highest BCUT2D eigenvalue weighted by molar-refractivity contribution is 7.99. The lowest BCUT2D eigenvalue weighted by atomic mass is 9.91. The lowest BCUT2D eigenvalue weighted by Gasteiger charge is -2.45. The van der Waals surface area contributed by atoms with Gasteiger partial charge in [-0.15, -0.1) is 0 Å². The van der Waals surface area contributed by atoms with Gasteiger partial charge in [-0.3, -0.25) is 0 Å². The highest BCUT2D eigenvalue weighted by Crippen LogP contribution is 2.55. The summed E-state index contributed by atoms with van der Waals surface area (Å²) >= 11 is 1.96. The molecule has 0 aromatic carbocycles. The van der Waals surface area contributed by atoms with Crippen LogP contribution in [0.25, 0.3) is 0 Å². The van der Waals surface area contributed by atoms with Gasteiger partial charge >= 0.3 is 0 Å². The zero-order chi connectivity index (χ0) is 15.7. The molecular formula is C16H28O3SSi. The van der Waals surface area contributed by atoms with Crippen LogP contribution in [-0.4, -0.2) is 42.2 Å². The summed E-state index contributed by atoms with van der Waals surface area (Å²) in [7, 11) is -1.95. The molecule has 0 aliphatic carbocycles. The Balaban J connectivity index is 1.95. The highest BCUT2D eigenvalue weighted by atomic mass is 32.2. The van der Waals surface area contributed by atoms with Gasteiger partial charge in [0.1, 0.15) is 17.0 Å². The van der Waals surface area contributed by atoms with Gasteiger partial charge in [0.05, 0.1) is 6.10 Å². The van der Waals surface area contributed by atoms with Crippen molar-refractivity contribution in [2.24, 2.45) is 5.92 Å². The van der Waals surface area contributed by atoms with Crippen LogP contribution in [0.3, 0.4) is 0 Å². The molecule has 3 rings (SSSR count). The summed E-state index contributed by atoms with van der Waals surface area (Å²) in [5, 5.41) is 11.1. The Morgan fingerprint density at radius 2 is 2.10 bits per heavy atom. The molecule has 21 heavy (non-hydrogen) atoms. The summed E-state index contributed by atoms with van der Waals surface area (Å²) < 4.78 is 12.7. The van der Waals surface area contributed by atoms with Crippen molar-refractivity contribution >= 4 is 20.1 Å². The van der Waals surface area contributed by atoms with Crippen molar-refractivity contribution in [2.45, 2.75) is 69.6 Å². The standard InChI is InChI=1S/C16H28O3SSi/c1-14(2,3)21(5,6)19-13-8-16-10-20-9-11(16)7-12(18-16)15(13,4)17/h8,11-12,17H,7,9-10H2,1-6H3/t11-,12-,15+,16+/m0/s1. The quantitative estimate of drug-likeness (QED) is 0.787. The van der Waals surface area contributed by atoms with Crippen LogP contribution in [0, 0.1) is 5.92 Å². The van der Waals surface area contributed by atoms with Gasteiger partial charge in [-0.2, -0.15) is 11.8 Å². The Kier molecular flexibility index (Phi) is 3.43. The summed E-state index contributed by atoms with van der Waals surface area (Å²) in [6.07, 6.45) is 2.95. The molecular weight excluding hydrogens is 300 g/mol.